The summed E-state index contributed by atoms with van der Waals surface area (Å²) in [6.07, 6.45) is 0.996. The molecule has 0 aliphatic rings. The van der Waals surface area contributed by atoms with E-state index in [0.29, 0.717) is 15.9 Å². The van der Waals surface area contributed by atoms with Crippen LogP contribution in [0.15, 0.2) is 18.2 Å². The molecule has 17 heavy (non-hydrogen) atoms. The first kappa shape index (κ1) is 15.1. The molecule has 0 saturated carbocycles. The second-order valence-electron chi connectivity index (χ2n) is 4.94. The van der Waals surface area contributed by atoms with E-state index in [2.05, 4.69) is 19.2 Å². The Morgan fingerprint density at radius 2 is 1.94 bits per heavy atom. The van der Waals surface area contributed by atoms with E-state index in [0.717, 1.165) is 25.1 Å². The van der Waals surface area contributed by atoms with E-state index >= 15 is 0 Å². The van der Waals surface area contributed by atoms with Gasteiger partial charge in [-0.1, -0.05) is 43.1 Å². The highest BCUT2D eigenvalue weighted by Gasteiger charge is 2.16. The van der Waals surface area contributed by atoms with Crippen molar-refractivity contribution in [3.8, 4) is 0 Å². The van der Waals surface area contributed by atoms with Gasteiger partial charge in [-0.2, -0.15) is 0 Å². The first-order chi connectivity index (χ1) is 7.94. The lowest BCUT2D eigenvalue weighted by Crippen LogP contribution is -2.29. The predicted molar refractivity (Wildman–Crippen MR) is 77.3 cm³/mol. The molecule has 1 aromatic rings. The molecule has 0 spiro atoms. The second-order valence-corrected chi connectivity index (χ2v) is 6.16. The summed E-state index contributed by atoms with van der Waals surface area (Å²) in [5, 5.41) is 4.78. The van der Waals surface area contributed by atoms with Crippen molar-refractivity contribution in [1.29, 1.82) is 0 Å². The van der Waals surface area contributed by atoms with Gasteiger partial charge in [0.25, 0.3) is 0 Å². The van der Waals surface area contributed by atoms with E-state index < -0.39 is 0 Å². The highest BCUT2D eigenvalue weighted by Crippen LogP contribution is 2.22. The largest absolute Gasteiger partial charge is 0.312 e. The average Bonchev–Trinajstić information content (AvgIpc) is 2.21. The third-order valence-electron chi connectivity index (χ3n) is 2.71. The molecule has 0 fully saturated rings. The van der Waals surface area contributed by atoms with Crippen molar-refractivity contribution in [2.24, 2.45) is 5.41 Å². The van der Waals surface area contributed by atoms with E-state index in [-0.39, 0.29) is 5.41 Å². The van der Waals surface area contributed by atoms with Gasteiger partial charge >= 0.3 is 0 Å². The monoisotopic (exact) mass is 293 g/mol. The number of alkyl halides is 1. The van der Waals surface area contributed by atoms with Crippen LogP contribution >= 0.6 is 34.8 Å². The topological polar surface area (TPSA) is 12.0 Å². The lowest BCUT2D eigenvalue weighted by Gasteiger charge is -2.24. The first-order valence-electron chi connectivity index (χ1n) is 5.65. The van der Waals surface area contributed by atoms with Crippen LogP contribution in [0.1, 0.15) is 25.8 Å². The Balaban J connectivity index is 2.46. The number of hydrogen-bond donors (Lipinski definition) is 1. The lowest BCUT2D eigenvalue weighted by atomic mass is 9.90. The molecule has 0 aliphatic heterocycles. The summed E-state index contributed by atoms with van der Waals surface area (Å²) in [4.78, 5) is 0. The van der Waals surface area contributed by atoms with Crippen LogP contribution in [0.4, 0.5) is 0 Å². The summed E-state index contributed by atoms with van der Waals surface area (Å²) in [5.74, 6) is 0.691. The quantitative estimate of drug-likeness (QED) is 0.747. The van der Waals surface area contributed by atoms with Gasteiger partial charge in [0.15, 0.2) is 0 Å². The summed E-state index contributed by atoms with van der Waals surface area (Å²) < 4.78 is 0. The lowest BCUT2D eigenvalue weighted by molar-refractivity contribution is 0.329. The molecule has 0 unspecified atom stereocenters. The Morgan fingerprint density at radius 1 is 1.24 bits per heavy atom. The first-order valence-corrected chi connectivity index (χ1v) is 6.94. The van der Waals surface area contributed by atoms with E-state index in [1.54, 1.807) is 6.07 Å². The molecular formula is C13H18Cl3N. The van der Waals surface area contributed by atoms with E-state index in [1.165, 1.54) is 0 Å². The molecular weight excluding hydrogens is 277 g/mol. The molecule has 0 aromatic heterocycles. The van der Waals surface area contributed by atoms with Crippen LogP contribution in [0.5, 0.6) is 0 Å². The van der Waals surface area contributed by atoms with Crippen LogP contribution in [0.25, 0.3) is 0 Å². The summed E-state index contributed by atoms with van der Waals surface area (Å²) in [6, 6.07) is 5.57. The molecule has 1 N–H and O–H groups in total. The highest BCUT2D eigenvalue weighted by molar-refractivity contribution is 6.35. The van der Waals surface area contributed by atoms with Crippen LogP contribution in [0.2, 0.25) is 10.0 Å². The van der Waals surface area contributed by atoms with Crippen molar-refractivity contribution in [1.82, 2.24) is 5.32 Å². The fraction of sp³-hybridized carbons (Fsp3) is 0.538. The van der Waals surface area contributed by atoms with Crippen LogP contribution in [0, 0.1) is 5.41 Å². The Bertz CT molecular complexity index is 364. The fourth-order valence-electron chi connectivity index (χ4n) is 1.54. The second kappa shape index (κ2) is 6.84. The van der Waals surface area contributed by atoms with Crippen LogP contribution < -0.4 is 5.32 Å². The van der Waals surface area contributed by atoms with Crippen LogP contribution in [-0.2, 0) is 6.54 Å². The molecule has 0 saturated heterocycles. The van der Waals surface area contributed by atoms with Crippen molar-refractivity contribution in [2.75, 3.05) is 12.4 Å². The molecule has 0 aliphatic carbocycles. The highest BCUT2D eigenvalue weighted by atomic mass is 35.5. The SMILES string of the molecule is CC(C)(CCCl)CNCc1ccc(Cl)cc1Cl. The van der Waals surface area contributed by atoms with Gasteiger partial charge in [-0.15, -0.1) is 11.6 Å². The third kappa shape index (κ3) is 5.48. The van der Waals surface area contributed by atoms with Gasteiger partial charge in [0.05, 0.1) is 0 Å². The fourth-order valence-corrected chi connectivity index (χ4v) is 2.53. The Kier molecular flexibility index (Phi) is 6.08. The third-order valence-corrected chi connectivity index (χ3v) is 3.48. The minimum Gasteiger partial charge on any atom is -0.312 e. The molecule has 0 radical (unpaired) electrons. The van der Waals surface area contributed by atoms with Gasteiger partial charge in [0, 0.05) is 29.0 Å². The van der Waals surface area contributed by atoms with Crippen molar-refractivity contribution >= 4 is 34.8 Å². The van der Waals surface area contributed by atoms with E-state index in [1.807, 2.05) is 12.1 Å². The normalized spacial score (nSPS) is 11.8. The van der Waals surface area contributed by atoms with Crippen molar-refractivity contribution in [2.45, 2.75) is 26.8 Å². The summed E-state index contributed by atoms with van der Waals surface area (Å²) >= 11 is 17.7. The van der Waals surface area contributed by atoms with Gasteiger partial charge in [0.1, 0.15) is 0 Å². The molecule has 1 aromatic carbocycles. The smallest absolute Gasteiger partial charge is 0.0465 e. The zero-order valence-corrected chi connectivity index (χ0v) is 12.5. The summed E-state index contributed by atoms with van der Waals surface area (Å²) in [7, 11) is 0. The molecule has 96 valence electrons. The molecule has 0 atom stereocenters. The minimum atomic E-state index is 0.209. The van der Waals surface area contributed by atoms with Crippen molar-refractivity contribution in [3.63, 3.8) is 0 Å². The van der Waals surface area contributed by atoms with Gasteiger partial charge < -0.3 is 5.32 Å². The molecule has 4 heteroatoms. The Hall–Kier alpha value is 0.0500. The van der Waals surface area contributed by atoms with Gasteiger partial charge in [-0.3, -0.25) is 0 Å². The van der Waals surface area contributed by atoms with Crippen LogP contribution in [-0.4, -0.2) is 12.4 Å². The number of rotatable bonds is 6. The summed E-state index contributed by atoms with van der Waals surface area (Å²) in [6.45, 7) is 6.07. The summed E-state index contributed by atoms with van der Waals surface area (Å²) in [5.41, 5.74) is 1.28. The van der Waals surface area contributed by atoms with Crippen molar-refractivity contribution in [3.05, 3.63) is 33.8 Å². The Morgan fingerprint density at radius 3 is 2.53 bits per heavy atom. The number of halogens is 3. The zero-order valence-electron chi connectivity index (χ0n) is 10.2. The number of nitrogens with one attached hydrogen (secondary N) is 1. The van der Waals surface area contributed by atoms with Gasteiger partial charge in [-0.05, 0) is 29.5 Å². The van der Waals surface area contributed by atoms with Gasteiger partial charge in [-0.25, -0.2) is 0 Å². The van der Waals surface area contributed by atoms with Gasteiger partial charge in [0.2, 0.25) is 0 Å². The van der Waals surface area contributed by atoms with E-state index in [9.17, 15) is 0 Å². The average molecular weight is 295 g/mol. The Labute approximate surface area is 118 Å². The zero-order chi connectivity index (χ0) is 12.9. The van der Waals surface area contributed by atoms with Crippen LogP contribution in [0.3, 0.4) is 0 Å². The molecule has 1 rings (SSSR count). The number of hydrogen-bond acceptors (Lipinski definition) is 1. The molecule has 1 nitrogen and oxygen atoms in total. The standard InChI is InChI=1S/C13H18Cl3N/c1-13(2,5-6-14)9-17-8-10-3-4-11(15)7-12(10)16/h3-4,7,17H,5-6,8-9H2,1-2H3. The maximum Gasteiger partial charge on any atom is 0.0465 e. The number of benzene rings is 1. The molecule has 0 bridgehead atoms. The molecule has 0 heterocycles. The maximum absolute atomic E-state index is 6.10. The van der Waals surface area contributed by atoms with Crippen molar-refractivity contribution < 1.29 is 0 Å². The minimum absolute atomic E-state index is 0.209. The predicted octanol–water partition coefficient (Wildman–Crippen LogP) is 4.74. The molecule has 0 amide bonds. The maximum atomic E-state index is 6.10. The van der Waals surface area contributed by atoms with E-state index in [4.69, 9.17) is 34.8 Å².